The van der Waals surface area contributed by atoms with Crippen molar-refractivity contribution in [2.24, 2.45) is 0 Å². The molecule has 0 bridgehead atoms. The van der Waals surface area contributed by atoms with Gasteiger partial charge in [0.1, 0.15) is 11.6 Å². The number of nitrogens with one attached hydrogen (secondary N) is 4. The minimum Gasteiger partial charge on any atom is -0.396 e. The first-order valence-corrected chi connectivity index (χ1v) is 14.0. The van der Waals surface area contributed by atoms with Crippen molar-refractivity contribution >= 4 is 61.9 Å². The molecule has 4 rings (SSSR count). The highest BCUT2D eigenvalue weighted by Gasteiger charge is 2.20. The van der Waals surface area contributed by atoms with Crippen molar-refractivity contribution in [3.05, 3.63) is 94.7 Å². The molecule has 0 amide bonds. The van der Waals surface area contributed by atoms with Gasteiger partial charge in [0.15, 0.2) is 0 Å². The molecule has 0 aliphatic carbocycles. The second-order valence-electron chi connectivity index (χ2n) is 8.24. The molecule has 0 atom stereocenters. The van der Waals surface area contributed by atoms with E-state index in [0.29, 0.717) is 64.7 Å². The third kappa shape index (κ3) is 7.41. The molecule has 0 aliphatic heterocycles. The number of aromatic nitrogens is 2. The summed E-state index contributed by atoms with van der Waals surface area (Å²) in [4.78, 5) is 8.63. The highest BCUT2D eigenvalue weighted by Crippen LogP contribution is 2.26. The van der Waals surface area contributed by atoms with E-state index < -0.39 is 10.0 Å². The van der Waals surface area contributed by atoms with Crippen LogP contribution in [0.4, 0.5) is 28.7 Å². The lowest BCUT2D eigenvalue weighted by Crippen LogP contribution is -2.19. The average molecular weight is 573 g/mol. The number of sulfonamides is 1. The summed E-state index contributed by atoms with van der Waals surface area (Å²) < 4.78 is 29.5. The van der Waals surface area contributed by atoms with Gasteiger partial charge in [-0.15, -0.1) is 0 Å². The summed E-state index contributed by atoms with van der Waals surface area (Å²) >= 11 is 12.1. The minimum atomic E-state index is -3.95. The van der Waals surface area contributed by atoms with Gasteiger partial charge in [-0.2, -0.15) is 0 Å². The zero-order valence-electron chi connectivity index (χ0n) is 20.3. The lowest BCUT2D eigenvalue weighted by atomic mass is 10.1. The Labute approximate surface area is 231 Å². The molecule has 2 aromatic carbocycles. The topological polar surface area (TPSA) is 134 Å². The quantitative estimate of drug-likeness (QED) is 0.144. The van der Waals surface area contributed by atoms with Crippen LogP contribution in [0.1, 0.15) is 5.56 Å². The maximum Gasteiger partial charge on any atom is 0.262 e. The third-order valence-electron chi connectivity index (χ3n) is 5.48. The van der Waals surface area contributed by atoms with Crippen LogP contribution in [-0.4, -0.2) is 38.0 Å². The van der Waals surface area contributed by atoms with E-state index in [1.54, 1.807) is 60.9 Å². The Morgan fingerprint density at radius 2 is 1.42 bits per heavy atom. The summed E-state index contributed by atoms with van der Waals surface area (Å²) in [6.07, 6.45) is 3.60. The van der Waals surface area contributed by atoms with E-state index in [9.17, 15) is 8.42 Å². The van der Waals surface area contributed by atoms with Gasteiger partial charge in [-0.1, -0.05) is 23.2 Å². The van der Waals surface area contributed by atoms with Crippen molar-refractivity contribution in [1.82, 2.24) is 9.97 Å². The first-order valence-electron chi connectivity index (χ1n) is 11.8. The molecule has 0 spiro atoms. The molecule has 0 unspecified atom stereocenters. The smallest absolute Gasteiger partial charge is 0.262 e. The monoisotopic (exact) mass is 571 g/mol. The van der Waals surface area contributed by atoms with Crippen LogP contribution in [0, 0.1) is 0 Å². The highest BCUT2D eigenvalue weighted by atomic mass is 35.5. The second-order valence-corrected chi connectivity index (χ2v) is 10.8. The van der Waals surface area contributed by atoms with Crippen LogP contribution in [0.5, 0.6) is 0 Å². The number of rotatable bonds is 12. The third-order valence-corrected chi connectivity index (χ3v) is 7.43. The summed E-state index contributed by atoms with van der Waals surface area (Å²) in [5.41, 5.74) is 8.25. The standard InChI is InChI=1S/C26H27Cl2N7O2S/c27-19-5-8-21(9-6-19)30-15-16-34-26-23(4-2-13-32-26)35-38(36,37)24-10-7-20(28)17-18(24)11-14-33-25-22(29)3-1-12-31-25/h1-10,12-13,17,30,35H,11,14-16,29H2,(H,31,33)(H,32,34). The van der Waals surface area contributed by atoms with Crippen molar-refractivity contribution in [2.45, 2.75) is 11.3 Å². The molecule has 12 heteroatoms. The molecule has 4 aromatic rings. The SMILES string of the molecule is Nc1cccnc1NCCc1cc(Cl)ccc1S(=O)(=O)Nc1cccnc1NCCNc1ccc(Cl)cc1. The molecular weight excluding hydrogens is 545 g/mol. The van der Waals surface area contributed by atoms with Crippen molar-refractivity contribution in [2.75, 3.05) is 46.0 Å². The lowest BCUT2D eigenvalue weighted by molar-refractivity contribution is 0.600. The number of nitrogen functional groups attached to an aromatic ring is 1. The number of benzene rings is 2. The lowest BCUT2D eigenvalue weighted by Gasteiger charge is -2.16. The molecule has 2 heterocycles. The van der Waals surface area contributed by atoms with Crippen molar-refractivity contribution in [3.63, 3.8) is 0 Å². The highest BCUT2D eigenvalue weighted by molar-refractivity contribution is 7.92. The molecule has 0 radical (unpaired) electrons. The van der Waals surface area contributed by atoms with Gasteiger partial charge >= 0.3 is 0 Å². The minimum absolute atomic E-state index is 0.122. The Morgan fingerprint density at radius 1 is 0.763 bits per heavy atom. The summed E-state index contributed by atoms with van der Waals surface area (Å²) in [6.45, 7) is 1.49. The molecule has 9 nitrogen and oxygen atoms in total. The fraction of sp³-hybridized carbons (Fsp3) is 0.154. The number of anilines is 5. The first kappa shape index (κ1) is 27.3. The van der Waals surface area contributed by atoms with E-state index in [0.717, 1.165) is 5.69 Å². The molecule has 2 aromatic heterocycles. The average Bonchev–Trinajstić information content (AvgIpc) is 2.89. The molecule has 0 fully saturated rings. The fourth-order valence-electron chi connectivity index (χ4n) is 3.67. The first-order chi connectivity index (χ1) is 18.3. The number of nitrogens with zero attached hydrogens (tertiary/aromatic N) is 2. The van der Waals surface area contributed by atoms with Crippen LogP contribution >= 0.6 is 23.2 Å². The number of halogens is 2. The molecule has 198 valence electrons. The fourth-order valence-corrected chi connectivity index (χ4v) is 5.31. The zero-order chi connectivity index (χ0) is 27.0. The summed E-state index contributed by atoms with van der Waals surface area (Å²) in [5.74, 6) is 0.950. The molecule has 38 heavy (non-hydrogen) atoms. The second kappa shape index (κ2) is 12.7. The summed E-state index contributed by atoms with van der Waals surface area (Å²) in [5, 5.41) is 10.7. The van der Waals surface area contributed by atoms with Crippen LogP contribution in [0.15, 0.2) is 84.0 Å². The van der Waals surface area contributed by atoms with Crippen LogP contribution in [0.25, 0.3) is 0 Å². The molecule has 0 saturated heterocycles. The van der Waals surface area contributed by atoms with Gasteiger partial charge in [0, 0.05) is 47.8 Å². The molecular formula is C26H27Cl2N7O2S. The van der Waals surface area contributed by atoms with Crippen molar-refractivity contribution in [3.8, 4) is 0 Å². The number of hydrogen-bond acceptors (Lipinski definition) is 8. The number of pyridine rings is 2. The molecule has 0 aliphatic rings. The van der Waals surface area contributed by atoms with Gasteiger partial charge in [0.05, 0.1) is 16.3 Å². The predicted molar refractivity (Wildman–Crippen MR) is 156 cm³/mol. The number of nitrogens with two attached hydrogens (primary N) is 1. The van der Waals surface area contributed by atoms with Gasteiger partial charge in [-0.3, -0.25) is 4.72 Å². The van der Waals surface area contributed by atoms with E-state index in [1.807, 2.05) is 12.1 Å². The van der Waals surface area contributed by atoms with Gasteiger partial charge in [-0.05, 0) is 78.7 Å². The maximum atomic E-state index is 13.4. The Balaban J connectivity index is 1.42. The van der Waals surface area contributed by atoms with Gasteiger partial charge in [0.25, 0.3) is 10.0 Å². The summed E-state index contributed by atoms with van der Waals surface area (Å²) in [6, 6.07) is 18.9. The van der Waals surface area contributed by atoms with Crippen LogP contribution < -0.4 is 26.4 Å². The molecule has 6 N–H and O–H groups in total. The Bertz CT molecular complexity index is 1490. The van der Waals surface area contributed by atoms with Crippen LogP contribution in [0.2, 0.25) is 10.0 Å². The molecule has 0 saturated carbocycles. The zero-order valence-corrected chi connectivity index (χ0v) is 22.6. The normalized spacial score (nSPS) is 11.1. The van der Waals surface area contributed by atoms with E-state index in [1.165, 1.54) is 6.07 Å². The Hall–Kier alpha value is -3.73. The Kier molecular flexibility index (Phi) is 9.11. The van der Waals surface area contributed by atoms with E-state index in [2.05, 4.69) is 30.6 Å². The predicted octanol–water partition coefficient (Wildman–Crippen LogP) is 5.35. The van der Waals surface area contributed by atoms with E-state index in [-0.39, 0.29) is 4.90 Å². The largest absolute Gasteiger partial charge is 0.396 e. The van der Waals surface area contributed by atoms with E-state index >= 15 is 0 Å². The Morgan fingerprint density at radius 3 is 2.18 bits per heavy atom. The van der Waals surface area contributed by atoms with Crippen LogP contribution in [-0.2, 0) is 16.4 Å². The van der Waals surface area contributed by atoms with Gasteiger partial charge in [0.2, 0.25) is 0 Å². The van der Waals surface area contributed by atoms with E-state index in [4.69, 9.17) is 28.9 Å². The maximum absolute atomic E-state index is 13.4. The van der Waals surface area contributed by atoms with Crippen molar-refractivity contribution < 1.29 is 8.42 Å². The number of hydrogen-bond donors (Lipinski definition) is 5. The summed E-state index contributed by atoms with van der Waals surface area (Å²) in [7, 11) is -3.95. The van der Waals surface area contributed by atoms with Gasteiger partial charge in [-0.25, -0.2) is 18.4 Å². The van der Waals surface area contributed by atoms with Gasteiger partial charge < -0.3 is 21.7 Å². The van der Waals surface area contributed by atoms with Crippen molar-refractivity contribution in [1.29, 1.82) is 0 Å². The van der Waals surface area contributed by atoms with Crippen LogP contribution in [0.3, 0.4) is 0 Å².